The van der Waals surface area contributed by atoms with Crippen LogP contribution >= 0.6 is 11.6 Å². The van der Waals surface area contributed by atoms with E-state index >= 15 is 0 Å². The lowest BCUT2D eigenvalue weighted by atomic mass is 10.1. The first-order valence-electron chi connectivity index (χ1n) is 7.46. The van der Waals surface area contributed by atoms with E-state index in [4.69, 9.17) is 16.3 Å². The van der Waals surface area contributed by atoms with Gasteiger partial charge < -0.3 is 20.7 Å². The van der Waals surface area contributed by atoms with Crippen molar-refractivity contribution in [3.63, 3.8) is 0 Å². The van der Waals surface area contributed by atoms with E-state index in [1.807, 2.05) is 0 Å². The third-order valence-corrected chi connectivity index (χ3v) is 3.75. The van der Waals surface area contributed by atoms with Crippen LogP contribution in [0, 0.1) is 0 Å². The van der Waals surface area contributed by atoms with Crippen LogP contribution in [0.15, 0.2) is 18.2 Å². The van der Waals surface area contributed by atoms with Gasteiger partial charge in [-0.25, -0.2) is 4.79 Å². The molecule has 1 aliphatic heterocycles. The fourth-order valence-electron chi connectivity index (χ4n) is 2.23. The van der Waals surface area contributed by atoms with E-state index in [1.165, 1.54) is 4.90 Å². The van der Waals surface area contributed by atoms with Crippen molar-refractivity contribution < 1.29 is 14.3 Å². The van der Waals surface area contributed by atoms with Crippen LogP contribution in [0.5, 0.6) is 0 Å². The summed E-state index contributed by atoms with van der Waals surface area (Å²) >= 11 is 6.15. The quantitative estimate of drug-likeness (QED) is 0.612. The second-order valence-electron chi connectivity index (χ2n) is 5.05. The molecule has 3 N–H and O–H groups in total. The Morgan fingerprint density at radius 3 is 2.91 bits per heavy atom. The zero-order valence-electron chi connectivity index (χ0n) is 13.0. The summed E-state index contributed by atoms with van der Waals surface area (Å²) in [5.41, 5.74) is 1.02. The number of hydrogen-bond donors (Lipinski definition) is 3. The van der Waals surface area contributed by atoms with Crippen LogP contribution in [0.4, 0.5) is 10.5 Å². The van der Waals surface area contributed by atoms with Crippen LogP contribution < -0.4 is 20.9 Å². The standard InChI is InChI=1S/C15H21ClN4O3/c1-23-9-7-17-4-5-18-14(21)11-2-3-12(16)13(10-11)20-8-6-19-15(20)22/h2-3,10,17H,4-9H2,1H3,(H,18,21)(H,19,22). The second kappa shape index (κ2) is 8.71. The summed E-state index contributed by atoms with van der Waals surface area (Å²) in [5.74, 6) is -0.198. The fraction of sp³-hybridized carbons (Fsp3) is 0.467. The molecule has 126 valence electrons. The Labute approximate surface area is 140 Å². The largest absolute Gasteiger partial charge is 0.383 e. The number of halogens is 1. The van der Waals surface area contributed by atoms with Crippen LogP contribution in [0.25, 0.3) is 0 Å². The van der Waals surface area contributed by atoms with Crippen molar-refractivity contribution in [1.82, 2.24) is 16.0 Å². The summed E-state index contributed by atoms with van der Waals surface area (Å²) in [6.45, 7) is 3.63. The summed E-state index contributed by atoms with van der Waals surface area (Å²) in [7, 11) is 1.64. The Morgan fingerprint density at radius 2 is 2.22 bits per heavy atom. The molecule has 0 saturated carbocycles. The number of anilines is 1. The van der Waals surface area contributed by atoms with Crippen molar-refractivity contribution >= 4 is 29.2 Å². The average molecular weight is 341 g/mol. The monoisotopic (exact) mass is 340 g/mol. The lowest BCUT2D eigenvalue weighted by Gasteiger charge is -2.17. The zero-order valence-corrected chi connectivity index (χ0v) is 13.8. The molecule has 2 rings (SSSR count). The molecule has 1 saturated heterocycles. The number of nitrogens with one attached hydrogen (secondary N) is 3. The van der Waals surface area contributed by atoms with Crippen molar-refractivity contribution in [1.29, 1.82) is 0 Å². The molecule has 3 amide bonds. The molecule has 23 heavy (non-hydrogen) atoms. The van der Waals surface area contributed by atoms with Crippen LogP contribution in [-0.2, 0) is 4.74 Å². The lowest BCUT2D eigenvalue weighted by Crippen LogP contribution is -2.33. The Hall–Kier alpha value is -1.83. The van der Waals surface area contributed by atoms with Gasteiger partial charge in [-0.3, -0.25) is 9.69 Å². The van der Waals surface area contributed by atoms with Gasteiger partial charge in [0.25, 0.3) is 5.91 Å². The maximum absolute atomic E-state index is 12.2. The Bertz CT molecular complexity index is 568. The molecule has 8 heteroatoms. The van der Waals surface area contributed by atoms with Gasteiger partial charge >= 0.3 is 6.03 Å². The van der Waals surface area contributed by atoms with Gasteiger partial charge in [-0.15, -0.1) is 0 Å². The molecular formula is C15H21ClN4O3. The minimum Gasteiger partial charge on any atom is -0.383 e. The number of methoxy groups -OCH3 is 1. The van der Waals surface area contributed by atoms with Crippen molar-refractivity contribution in [2.75, 3.05) is 51.3 Å². The molecule has 1 aromatic carbocycles. The topological polar surface area (TPSA) is 82.7 Å². The van der Waals surface area contributed by atoms with Crippen LogP contribution in [0.1, 0.15) is 10.4 Å². The summed E-state index contributed by atoms with van der Waals surface area (Å²) < 4.78 is 4.92. The fourth-order valence-corrected chi connectivity index (χ4v) is 2.45. The Morgan fingerprint density at radius 1 is 1.39 bits per heavy atom. The number of ether oxygens (including phenoxy) is 1. The van der Waals surface area contributed by atoms with E-state index in [0.717, 1.165) is 6.54 Å². The number of rotatable bonds is 8. The van der Waals surface area contributed by atoms with Gasteiger partial charge in [-0.2, -0.15) is 0 Å². The third kappa shape index (κ3) is 4.82. The maximum Gasteiger partial charge on any atom is 0.322 e. The molecule has 1 heterocycles. The Kier molecular flexibility index (Phi) is 6.64. The van der Waals surface area contributed by atoms with Gasteiger partial charge in [0.1, 0.15) is 0 Å². The molecule has 7 nitrogen and oxygen atoms in total. The maximum atomic E-state index is 12.2. The van der Waals surface area contributed by atoms with Crippen molar-refractivity contribution in [3.05, 3.63) is 28.8 Å². The molecule has 0 bridgehead atoms. The number of carbonyl (C=O) groups is 2. The number of amides is 3. The Balaban J connectivity index is 1.92. The molecule has 1 aromatic rings. The van der Waals surface area contributed by atoms with E-state index in [2.05, 4.69) is 16.0 Å². The second-order valence-corrected chi connectivity index (χ2v) is 5.46. The number of benzene rings is 1. The summed E-state index contributed by atoms with van der Waals surface area (Å²) in [4.78, 5) is 25.4. The summed E-state index contributed by atoms with van der Waals surface area (Å²) in [5, 5.41) is 9.12. The number of nitrogens with zero attached hydrogens (tertiary/aromatic N) is 1. The van der Waals surface area contributed by atoms with Crippen LogP contribution in [-0.4, -0.2) is 58.4 Å². The van der Waals surface area contributed by atoms with Gasteiger partial charge in [-0.1, -0.05) is 11.6 Å². The van der Waals surface area contributed by atoms with E-state index in [-0.39, 0.29) is 11.9 Å². The van der Waals surface area contributed by atoms with Gasteiger partial charge in [0.05, 0.1) is 17.3 Å². The zero-order chi connectivity index (χ0) is 16.7. The van der Waals surface area contributed by atoms with Crippen molar-refractivity contribution in [2.24, 2.45) is 0 Å². The highest BCUT2D eigenvalue weighted by Gasteiger charge is 2.24. The third-order valence-electron chi connectivity index (χ3n) is 3.43. The average Bonchev–Trinajstić information content (AvgIpc) is 2.97. The molecule has 1 fully saturated rings. The van der Waals surface area contributed by atoms with Gasteiger partial charge in [0.2, 0.25) is 0 Å². The normalized spacial score (nSPS) is 14.0. The highest BCUT2D eigenvalue weighted by molar-refractivity contribution is 6.34. The molecule has 0 spiro atoms. The molecule has 0 unspecified atom stereocenters. The van der Waals surface area contributed by atoms with Crippen molar-refractivity contribution in [3.8, 4) is 0 Å². The van der Waals surface area contributed by atoms with Gasteiger partial charge in [-0.05, 0) is 18.2 Å². The molecule has 1 aliphatic rings. The van der Waals surface area contributed by atoms with Crippen molar-refractivity contribution in [2.45, 2.75) is 0 Å². The SMILES string of the molecule is COCCNCCNC(=O)c1ccc(Cl)c(N2CCNC2=O)c1. The highest BCUT2D eigenvalue weighted by atomic mass is 35.5. The summed E-state index contributed by atoms with van der Waals surface area (Å²) in [6.07, 6.45) is 0. The van der Waals surface area contributed by atoms with E-state index in [1.54, 1.807) is 25.3 Å². The molecular weight excluding hydrogens is 320 g/mol. The predicted molar refractivity (Wildman–Crippen MR) is 89.3 cm³/mol. The van der Waals surface area contributed by atoms with Gasteiger partial charge in [0.15, 0.2) is 0 Å². The van der Waals surface area contributed by atoms with Crippen LogP contribution in [0.3, 0.4) is 0 Å². The molecule has 0 radical (unpaired) electrons. The summed E-state index contributed by atoms with van der Waals surface area (Å²) in [6, 6.07) is 4.72. The minimum atomic E-state index is -0.202. The first-order valence-corrected chi connectivity index (χ1v) is 7.84. The number of hydrogen-bond acceptors (Lipinski definition) is 4. The number of urea groups is 1. The van der Waals surface area contributed by atoms with E-state index < -0.39 is 0 Å². The lowest BCUT2D eigenvalue weighted by molar-refractivity contribution is 0.0953. The first kappa shape index (κ1) is 17.5. The molecule has 0 atom stereocenters. The highest BCUT2D eigenvalue weighted by Crippen LogP contribution is 2.28. The van der Waals surface area contributed by atoms with Gasteiger partial charge in [0, 0.05) is 45.4 Å². The number of carbonyl (C=O) groups excluding carboxylic acids is 2. The molecule has 0 aromatic heterocycles. The first-order chi connectivity index (χ1) is 11.1. The van der Waals surface area contributed by atoms with E-state index in [9.17, 15) is 9.59 Å². The van der Waals surface area contributed by atoms with E-state index in [0.29, 0.717) is 49.1 Å². The predicted octanol–water partition coefficient (Wildman–Crippen LogP) is 0.835. The smallest absolute Gasteiger partial charge is 0.322 e. The van der Waals surface area contributed by atoms with Crippen LogP contribution in [0.2, 0.25) is 5.02 Å². The molecule has 0 aliphatic carbocycles. The minimum absolute atomic E-state index is 0.198.